The first-order valence-corrected chi connectivity index (χ1v) is 9.05. The van der Waals surface area contributed by atoms with Gasteiger partial charge in [0.25, 0.3) is 5.91 Å². The number of sulfonamides is 1. The number of aryl methyl sites for hydroxylation is 1. The number of halogens is 1. The quantitative estimate of drug-likeness (QED) is 0.861. The van der Waals surface area contributed by atoms with Gasteiger partial charge in [-0.2, -0.15) is 0 Å². The van der Waals surface area contributed by atoms with Crippen molar-refractivity contribution >= 4 is 37.5 Å². The van der Waals surface area contributed by atoms with Crippen LogP contribution in [0.1, 0.15) is 15.9 Å². The smallest absolute Gasteiger partial charge is 0.255 e. The number of anilines is 1. The number of amides is 1. The molecule has 7 heteroatoms. The van der Waals surface area contributed by atoms with Crippen molar-refractivity contribution in [3.05, 3.63) is 58.1 Å². The molecule has 0 fully saturated rings. The molecule has 0 bridgehead atoms. The molecule has 0 aliphatic heterocycles. The zero-order valence-electron chi connectivity index (χ0n) is 13.0. The molecule has 0 unspecified atom stereocenters. The first kappa shape index (κ1) is 17.7. The molecular formula is C16H17BrN2O3S. The molecular weight excluding hydrogens is 380 g/mol. The minimum absolute atomic E-state index is 0.149. The highest BCUT2D eigenvalue weighted by atomic mass is 79.9. The lowest BCUT2D eigenvalue weighted by Crippen LogP contribution is -2.22. The lowest BCUT2D eigenvalue weighted by atomic mass is 10.2. The summed E-state index contributed by atoms with van der Waals surface area (Å²) in [5.74, 6) is -0.302. The van der Waals surface area contributed by atoms with Crippen molar-refractivity contribution in [1.29, 1.82) is 0 Å². The summed E-state index contributed by atoms with van der Waals surface area (Å²) in [5.41, 5.74) is 2.12. The molecule has 23 heavy (non-hydrogen) atoms. The number of hydrogen-bond donors (Lipinski definition) is 1. The van der Waals surface area contributed by atoms with E-state index in [1.807, 2.05) is 25.1 Å². The maximum Gasteiger partial charge on any atom is 0.255 e. The van der Waals surface area contributed by atoms with E-state index in [0.717, 1.165) is 14.3 Å². The highest BCUT2D eigenvalue weighted by Gasteiger charge is 2.17. The van der Waals surface area contributed by atoms with Gasteiger partial charge in [0, 0.05) is 24.1 Å². The maximum absolute atomic E-state index is 12.3. The number of benzene rings is 2. The van der Waals surface area contributed by atoms with Gasteiger partial charge in [-0.05, 0) is 64.8 Å². The third-order valence-corrected chi connectivity index (χ3v) is 5.75. The van der Waals surface area contributed by atoms with Crippen LogP contribution in [0.25, 0.3) is 0 Å². The van der Waals surface area contributed by atoms with Crippen LogP contribution >= 0.6 is 15.9 Å². The molecule has 5 nitrogen and oxygen atoms in total. The number of rotatable bonds is 4. The van der Waals surface area contributed by atoms with E-state index in [-0.39, 0.29) is 10.8 Å². The molecule has 2 rings (SSSR count). The molecule has 0 aliphatic rings. The van der Waals surface area contributed by atoms with Crippen LogP contribution in [0.3, 0.4) is 0 Å². The summed E-state index contributed by atoms with van der Waals surface area (Å²) >= 11 is 3.40. The van der Waals surface area contributed by atoms with Crippen LogP contribution in [-0.2, 0) is 10.0 Å². The molecule has 2 aromatic carbocycles. The fourth-order valence-electron chi connectivity index (χ4n) is 1.91. The minimum atomic E-state index is -3.50. The van der Waals surface area contributed by atoms with E-state index in [2.05, 4.69) is 21.2 Å². The monoisotopic (exact) mass is 396 g/mol. The van der Waals surface area contributed by atoms with Gasteiger partial charge < -0.3 is 5.32 Å². The van der Waals surface area contributed by atoms with Crippen molar-refractivity contribution in [2.45, 2.75) is 11.8 Å². The normalized spacial score (nSPS) is 11.5. The van der Waals surface area contributed by atoms with Crippen LogP contribution in [0.4, 0.5) is 5.69 Å². The van der Waals surface area contributed by atoms with E-state index >= 15 is 0 Å². The van der Waals surface area contributed by atoms with E-state index < -0.39 is 10.0 Å². The Morgan fingerprint density at radius 1 is 1.09 bits per heavy atom. The predicted molar refractivity (Wildman–Crippen MR) is 94.1 cm³/mol. The van der Waals surface area contributed by atoms with E-state index in [1.54, 1.807) is 0 Å². The van der Waals surface area contributed by atoms with Crippen molar-refractivity contribution in [1.82, 2.24) is 4.31 Å². The molecule has 0 heterocycles. The average molecular weight is 397 g/mol. The maximum atomic E-state index is 12.3. The van der Waals surface area contributed by atoms with Crippen LogP contribution in [0.5, 0.6) is 0 Å². The van der Waals surface area contributed by atoms with Crippen LogP contribution in [0.2, 0.25) is 0 Å². The number of nitrogens with zero attached hydrogens (tertiary/aromatic N) is 1. The van der Waals surface area contributed by atoms with Crippen LogP contribution < -0.4 is 5.32 Å². The van der Waals surface area contributed by atoms with E-state index in [1.165, 1.54) is 38.4 Å². The van der Waals surface area contributed by atoms with Gasteiger partial charge in [0.1, 0.15) is 0 Å². The van der Waals surface area contributed by atoms with Gasteiger partial charge in [0.15, 0.2) is 0 Å². The van der Waals surface area contributed by atoms with Crippen molar-refractivity contribution in [3.63, 3.8) is 0 Å². The van der Waals surface area contributed by atoms with Gasteiger partial charge >= 0.3 is 0 Å². The van der Waals surface area contributed by atoms with Crippen molar-refractivity contribution in [2.24, 2.45) is 0 Å². The molecule has 1 amide bonds. The standard InChI is InChI=1S/C16H17BrN2O3S/c1-11-4-9-15(14(17)10-11)18-16(20)12-5-7-13(8-6-12)23(21,22)19(2)3/h4-10H,1-3H3,(H,18,20). The summed E-state index contributed by atoms with van der Waals surface area (Å²) in [6, 6.07) is 11.4. The lowest BCUT2D eigenvalue weighted by Gasteiger charge is -2.12. The SMILES string of the molecule is Cc1ccc(NC(=O)c2ccc(S(=O)(=O)N(C)C)cc2)c(Br)c1. The Hall–Kier alpha value is -1.70. The van der Waals surface area contributed by atoms with E-state index in [0.29, 0.717) is 11.3 Å². The fourth-order valence-corrected chi connectivity index (χ4v) is 3.40. The summed E-state index contributed by atoms with van der Waals surface area (Å²) in [5, 5.41) is 2.79. The third kappa shape index (κ3) is 3.99. The van der Waals surface area contributed by atoms with Gasteiger partial charge in [0.2, 0.25) is 10.0 Å². The summed E-state index contributed by atoms with van der Waals surface area (Å²) < 4.78 is 25.9. The molecule has 0 radical (unpaired) electrons. The second-order valence-corrected chi connectivity index (χ2v) is 8.26. The van der Waals surface area contributed by atoms with Crippen molar-refractivity contribution in [2.75, 3.05) is 19.4 Å². The highest BCUT2D eigenvalue weighted by Crippen LogP contribution is 2.24. The first-order valence-electron chi connectivity index (χ1n) is 6.82. The molecule has 122 valence electrons. The minimum Gasteiger partial charge on any atom is -0.321 e. The van der Waals surface area contributed by atoms with Gasteiger partial charge in [-0.25, -0.2) is 12.7 Å². The number of hydrogen-bond acceptors (Lipinski definition) is 3. The summed E-state index contributed by atoms with van der Waals surface area (Å²) in [6.45, 7) is 1.96. The number of carbonyl (C=O) groups excluding carboxylic acids is 1. The van der Waals surface area contributed by atoms with Crippen molar-refractivity contribution in [3.8, 4) is 0 Å². The topological polar surface area (TPSA) is 66.5 Å². The van der Waals surface area contributed by atoms with Crippen LogP contribution in [-0.4, -0.2) is 32.7 Å². The Labute approximate surface area is 144 Å². The number of nitrogens with one attached hydrogen (secondary N) is 1. The highest BCUT2D eigenvalue weighted by molar-refractivity contribution is 9.10. The van der Waals surface area contributed by atoms with E-state index in [9.17, 15) is 13.2 Å². The van der Waals surface area contributed by atoms with Crippen LogP contribution in [0, 0.1) is 6.92 Å². The Bertz CT molecular complexity index is 831. The largest absolute Gasteiger partial charge is 0.321 e. The first-order chi connectivity index (χ1) is 10.7. The van der Waals surface area contributed by atoms with E-state index in [4.69, 9.17) is 0 Å². The average Bonchev–Trinajstić information content (AvgIpc) is 2.50. The Morgan fingerprint density at radius 2 is 1.70 bits per heavy atom. The van der Waals surface area contributed by atoms with Gasteiger partial charge in [-0.3, -0.25) is 4.79 Å². The van der Waals surface area contributed by atoms with Crippen LogP contribution in [0.15, 0.2) is 51.8 Å². The molecule has 1 N–H and O–H groups in total. The zero-order chi connectivity index (χ0) is 17.2. The molecule has 0 aliphatic carbocycles. The lowest BCUT2D eigenvalue weighted by molar-refractivity contribution is 0.102. The Balaban J connectivity index is 2.21. The Morgan fingerprint density at radius 3 is 2.22 bits per heavy atom. The molecule has 0 saturated carbocycles. The second kappa shape index (κ2) is 6.82. The molecule has 0 atom stereocenters. The molecule has 0 spiro atoms. The van der Waals surface area contributed by atoms with Gasteiger partial charge in [-0.15, -0.1) is 0 Å². The van der Waals surface area contributed by atoms with Gasteiger partial charge in [-0.1, -0.05) is 6.07 Å². The summed E-state index contributed by atoms with van der Waals surface area (Å²) in [6.07, 6.45) is 0. The summed E-state index contributed by atoms with van der Waals surface area (Å²) in [7, 11) is -0.569. The number of carbonyl (C=O) groups is 1. The molecule has 2 aromatic rings. The fraction of sp³-hybridized carbons (Fsp3) is 0.188. The van der Waals surface area contributed by atoms with Gasteiger partial charge in [0.05, 0.1) is 10.6 Å². The van der Waals surface area contributed by atoms with Crippen molar-refractivity contribution < 1.29 is 13.2 Å². The zero-order valence-corrected chi connectivity index (χ0v) is 15.4. The third-order valence-electron chi connectivity index (χ3n) is 3.27. The predicted octanol–water partition coefficient (Wildman–Crippen LogP) is 3.26. The Kier molecular flexibility index (Phi) is 5.23. The second-order valence-electron chi connectivity index (χ2n) is 5.25. The molecule has 0 aromatic heterocycles. The summed E-state index contributed by atoms with van der Waals surface area (Å²) in [4.78, 5) is 12.4. The molecule has 0 saturated heterocycles.